The number of carbonyl (C=O) groups is 1. The zero-order valence-corrected chi connectivity index (χ0v) is 20.1. The van der Waals surface area contributed by atoms with Gasteiger partial charge < -0.3 is 15.3 Å². The van der Waals surface area contributed by atoms with Gasteiger partial charge in [-0.3, -0.25) is 9.69 Å². The Morgan fingerprint density at radius 2 is 1.89 bits per heavy atom. The number of alkyl halides is 5. The number of piperidine rings is 1. The number of halogens is 5. The van der Waals surface area contributed by atoms with Crippen molar-refractivity contribution in [3.8, 4) is 0 Å². The molecule has 0 radical (unpaired) electrons. The van der Waals surface area contributed by atoms with E-state index in [9.17, 15) is 31.9 Å². The highest BCUT2D eigenvalue weighted by atomic mass is 19.4. The van der Waals surface area contributed by atoms with Crippen LogP contribution in [0.15, 0.2) is 42.7 Å². The number of pyridine rings is 1. The van der Waals surface area contributed by atoms with Gasteiger partial charge in [-0.25, -0.2) is 23.7 Å². The van der Waals surface area contributed by atoms with Gasteiger partial charge in [0.1, 0.15) is 5.82 Å². The van der Waals surface area contributed by atoms with Gasteiger partial charge in [-0.05, 0) is 37.2 Å². The first kappa shape index (κ1) is 26.2. The van der Waals surface area contributed by atoms with Gasteiger partial charge in [0.25, 0.3) is 11.8 Å². The fraction of sp³-hybridized carbons (Fsp3) is 0.440. The molecule has 0 bridgehead atoms. The van der Waals surface area contributed by atoms with E-state index < -0.39 is 42.5 Å². The lowest BCUT2D eigenvalue weighted by atomic mass is 10.0. The van der Waals surface area contributed by atoms with Crippen LogP contribution in [0.2, 0.25) is 0 Å². The van der Waals surface area contributed by atoms with E-state index in [1.807, 2.05) is 4.90 Å². The number of carbonyl (C=O) groups excluding carboxylic acids is 1. The highest BCUT2D eigenvalue weighted by molar-refractivity contribution is 6.06. The van der Waals surface area contributed by atoms with Crippen LogP contribution in [0.5, 0.6) is 0 Å². The average molecular weight is 537 g/mol. The monoisotopic (exact) mass is 536 g/mol. The van der Waals surface area contributed by atoms with Crippen LogP contribution in [-0.4, -0.2) is 75.6 Å². The summed E-state index contributed by atoms with van der Waals surface area (Å²) < 4.78 is 67.2. The number of rotatable bonds is 6. The maximum atomic E-state index is 14.2. The molecule has 1 atom stereocenters. The number of likely N-dealkylation sites (tertiary alicyclic amines) is 1. The number of nitrogens with one attached hydrogen (secondary N) is 1. The topological polar surface area (TPSA) is 94.5 Å². The van der Waals surface area contributed by atoms with Gasteiger partial charge in [0.2, 0.25) is 5.82 Å². The fourth-order valence-electron chi connectivity index (χ4n) is 4.82. The first-order valence-corrected chi connectivity index (χ1v) is 12.1. The predicted octanol–water partition coefficient (Wildman–Crippen LogP) is 3.43. The molecule has 0 spiro atoms. The Balaban J connectivity index is 1.37. The predicted molar refractivity (Wildman–Crippen MR) is 128 cm³/mol. The van der Waals surface area contributed by atoms with E-state index >= 15 is 0 Å². The molecule has 3 aromatic rings. The SMILES string of the molecule is O=C(NCC(c1cnc(C(F)(F)F)nc1)N1CCCC(F)(F)C1)c1cccc2nc(N3CC(O)C3)ccc12. The van der Waals surface area contributed by atoms with Crippen molar-refractivity contribution in [1.29, 1.82) is 0 Å². The van der Waals surface area contributed by atoms with Crippen LogP contribution in [0.4, 0.5) is 27.8 Å². The van der Waals surface area contributed by atoms with Crippen molar-refractivity contribution in [1.82, 2.24) is 25.2 Å². The molecule has 2 saturated heterocycles. The average Bonchev–Trinajstić information content (AvgIpc) is 2.85. The molecule has 13 heteroatoms. The number of nitrogens with zero attached hydrogens (tertiary/aromatic N) is 5. The lowest BCUT2D eigenvalue weighted by Gasteiger charge is -2.38. The molecular weight excluding hydrogens is 511 g/mol. The summed E-state index contributed by atoms with van der Waals surface area (Å²) in [6.45, 7) is 0.494. The molecule has 202 valence electrons. The normalized spacial score (nSPS) is 19.3. The van der Waals surface area contributed by atoms with Crippen molar-refractivity contribution in [2.24, 2.45) is 0 Å². The summed E-state index contributed by atoms with van der Waals surface area (Å²) in [5, 5.41) is 12.9. The second-order valence-corrected chi connectivity index (χ2v) is 9.59. The van der Waals surface area contributed by atoms with Gasteiger partial charge in [-0.2, -0.15) is 13.2 Å². The summed E-state index contributed by atoms with van der Waals surface area (Å²) in [5.74, 6) is -4.10. The number of anilines is 1. The largest absolute Gasteiger partial charge is 0.451 e. The lowest BCUT2D eigenvalue weighted by Crippen LogP contribution is -2.51. The smallest absolute Gasteiger partial charge is 0.389 e. The molecule has 2 aromatic heterocycles. The third-order valence-electron chi connectivity index (χ3n) is 6.78. The first-order valence-electron chi connectivity index (χ1n) is 12.1. The number of benzene rings is 1. The van der Waals surface area contributed by atoms with Gasteiger partial charge in [0, 0.05) is 55.0 Å². The van der Waals surface area contributed by atoms with Crippen LogP contribution >= 0.6 is 0 Å². The Bertz CT molecular complexity index is 1310. The van der Waals surface area contributed by atoms with E-state index in [2.05, 4.69) is 20.3 Å². The molecule has 2 fully saturated rings. The molecule has 2 aliphatic heterocycles. The molecule has 4 heterocycles. The maximum Gasteiger partial charge on any atom is 0.451 e. The molecule has 0 saturated carbocycles. The van der Waals surface area contributed by atoms with E-state index in [-0.39, 0.29) is 31.5 Å². The Labute approximate surface area is 214 Å². The molecule has 1 aromatic carbocycles. The molecular formula is C25H25F5N6O2. The van der Waals surface area contributed by atoms with E-state index in [1.54, 1.807) is 30.3 Å². The summed E-state index contributed by atoms with van der Waals surface area (Å²) in [6, 6.07) is 7.68. The zero-order valence-electron chi connectivity index (χ0n) is 20.1. The Kier molecular flexibility index (Phi) is 6.90. The van der Waals surface area contributed by atoms with Crippen molar-refractivity contribution >= 4 is 22.6 Å². The standard InChI is InChI=1S/C25H25F5N6O2/c26-24(27)7-2-8-35(14-24)20(15-9-32-23(33-10-15)25(28,29)30)11-31-22(38)18-3-1-4-19-17(18)5-6-21(34-19)36-12-16(37)13-36/h1,3-6,9-10,16,20,37H,2,7-8,11-14H2,(H,31,38). The number of fused-ring (bicyclic) bond motifs is 1. The van der Waals surface area contributed by atoms with E-state index in [0.717, 1.165) is 12.4 Å². The quantitative estimate of drug-likeness (QED) is 0.467. The Morgan fingerprint density at radius 1 is 1.16 bits per heavy atom. The lowest BCUT2D eigenvalue weighted by molar-refractivity contribution is -0.145. The number of aliphatic hydroxyl groups excluding tert-OH is 1. The van der Waals surface area contributed by atoms with E-state index in [1.165, 1.54) is 4.90 Å². The third-order valence-corrected chi connectivity index (χ3v) is 6.78. The van der Waals surface area contributed by atoms with Crippen LogP contribution in [0.1, 0.15) is 40.6 Å². The van der Waals surface area contributed by atoms with E-state index in [0.29, 0.717) is 35.4 Å². The van der Waals surface area contributed by atoms with Crippen molar-refractivity contribution in [2.45, 2.75) is 37.1 Å². The van der Waals surface area contributed by atoms with Crippen LogP contribution < -0.4 is 10.2 Å². The molecule has 38 heavy (non-hydrogen) atoms. The van der Waals surface area contributed by atoms with Crippen molar-refractivity contribution in [3.63, 3.8) is 0 Å². The molecule has 1 unspecified atom stereocenters. The number of hydrogen-bond acceptors (Lipinski definition) is 7. The zero-order chi connectivity index (χ0) is 27.1. The number of aromatic nitrogens is 3. The second kappa shape index (κ2) is 10.0. The second-order valence-electron chi connectivity index (χ2n) is 9.59. The van der Waals surface area contributed by atoms with E-state index in [4.69, 9.17) is 0 Å². The minimum absolute atomic E-state index is 0.142. The summed E-state index contributed by atoms with van der Waals surface area (Å²) in [6.07, 6.45) is -3.28. The van der Waals surface area contributed by atoms with Crippen molar-refractivity contribution < 1.29 is 31.9 Å². The van der Waals surface area contributed by atoms with Gasteiger partial charge in [0.05, 0.1) is 24.2 Å². The van der Waals surface area contributed by atoms with Gasteiger partial charge >= 0.3 is 6.18 Å². The van der Waals surface area contributed by atoms with Gasteiger partial charge in [-0.1, -0.05) is 6.07 Å². The van der Waals surface area contributed by atoms with Crippen LogP contribution in [0, 0.1) is 0 Å². The first-order chi connectivity index (χ1) is 18.0. The van der Waals surface area contributed by atoms with Crippen LogP contribution in [0.3, 0.4) is 0 Å². The van der Waals surface area contributed by atoms with Gasteiger partial charge in [-0.15, -0.1) is 0 Å². The Morgan fingerprint density at radius 3 is 2.55 bits per heavy atom. The number of aliphatic hydroxyl groups is 1. The molecule has 1 amide bonds. The fourth-order valence-corrected chi connectivity index (χ4v) is 4.82. The number of amides is 1. The Hall–Kier alpha value is -3.45. The summed E-state index contributed by atoms with van der Waals surface area (Å²) in [5.41, 5.74) is 1.08. The number of β-amino-alcohol motifs (C(OH)–C–C–N with tert-alkyl or cyclic N) is 1. The molecule has 2 aliphatic rings. The van der Waals surface area contributed by atoms with Gasteiger partial charge in [0.15, 0.2) is 0 Å². The third kappa shape index (κ3) is 5.53. The minimum Gasteiger partial charge on any atom is -0.389 e. The summed E-state index contributed by atoms with van der Waals surface area (Å²) >= 11 is 0. The summed E-state index contributed by atoms with van der Waals surface area (Å²) in [4.78, 5) is 27.9. The van der Waals surface area contributed by atoms with Crippen LogP contribution in [-0.2, 0) is 6.18 Å². The number of hydrogen-bond donors (Lipinski definition) is 2. The molecule has 5 rings (SSSR count). The van der Waals surface area contributed by atoms with Crippen LogP contribution in [0.25, 0.3) is 10.9 Å². The van der Waals surface area contributed by atoms with Crippen molar-refractivity contribution in [2.75, 3.05) is 37.6 Å². The highest BCUT2D eigenvalue weighted by Gasteiger charge is 2.39. The molecule has 8 nitrogen and oxygen atoms in total. The minimum atomic E-state index is -4.74. The van der Waals surface area contributed by atoms with Crippen molar-refractivity contribution in [3.05, 3.63) is 59.7 Å². The highest BCUT2D eigenvalue weighted by Crippen LogP contribution is 2.33. The maximum absolute atomic E-state index is 14.2. The molecule has 2 N–H and O–H groups in total. The molecule has 0 aliphatic carbocycles. The summed E-state index contributed by atoms with van der Waals surface area (Å²) in [7, 11) is 0.